The van der Waals surface area contributed by atoms with Gasteiger partial charge in [-0.15, -0.1) is 0 Å². The normalized spacial score (nSPS) is 12.3. The van der Waals surface area contributed by atoms with E-state index in [1.807, 2.05) is 0 Å². The average molecular weight is 421 g/mol. The molecule has 0 bridgehead atoms. The minimum Gasteiger partial charge on any atom is -0.350 e. The first-order chi connectivity index (χ1) is 13.5. The number of rotatable bonds is 7. The Hall–Kier alpha value is -2.94. The number of nitrogens with zero attached hydrogens (tertiary/aromatic N) is 1. The second-order valence-electron chi connectivity index (χ2n) is 6.85. The van der Waals surface area contributed by atoms with E-state index in [0.29, 0.717) is 4.31 Å². The molecular weight excluding hydrogens is 397 g/mol. The van der Waals surface area contributed by atoms with E-state index in [-0.39, 0.29) is 28.9 Å². The van der Waals surface area contributed by atoms with E-state index in [2.05, 4.69) is 10.6 Å². The molecule has 2 aromatic rings. The number of para-hydroxylation sites is 2. The van der Waals surface area contributed by atoms with E-state index in [0.717, 1.165) is 12.3 Å². The highest BCUT2D eigenvalue weighted by Gasteiger charge is 2.31. The van der Waals surface area contributed by atoms with Gasteiger partial charge >= 0.3 is 0 Å². The van der Waals surface area contributed by atoms with Gasteiger partial charge in [0.15, 0.2) is 0 Å². The molecule has 9 heteroatoms. The van der Waals surface area contributed by atoms with Gasteiger partial charge in [-0.25, -0.2) is 12.8 Å². The van der Waals surface area contributed by atoms with E-state index in [4.69, 9.17) is 0 Å². The van der Waals surface area contributed by atoms with Crippen molar-refractivity contribution in [2.24, 2.45) is 0 Å². The zero-order chi connectivity index (χ0) is 21.8. The van der Waals surface area contributed by atoms with Crippen LogP contribution in [-0.2, 0) is 14.8 Å². The summed E-state index contributed by atoms with van der Waals surface area (Å²) in [5, 5.41) is 5.31. The summed E-state index contributed by atoms with van der Waals surface area (Å²) in [7, 11) is -3.97. The summed E-state index contributed by atoms with van der Waals surface area (Å²) in [4.78, 5) is 25.2. The number of halogens is 1. The van der Waals surface area contributed by atoms with Gasteiger partial charge in [-0.3, -0.25) is 13.9 Å². The molecule has 0 aromatic heterocycles. The summed E-state index contributed by atoms with van der Waals surface area (Å²) >= 11 is 0. The van der Waals surface area contributed by atoms with Crippen LogP contribution < -0.4 is 14.9 Å². The molecule has 0 radical (unpaired) electrons. The van der Waals surface area contributed by atoms with E-state index in [9.17, 15) is 22.4 Å². The van der Waals surface area contributed by atoms with Gasteiger partial charge < -0.3 is 10.6 Å². The maximum Gasteiger partial charge on any atom is 0.253 e. The molecule has 0 spiro atoms. The summed E-state index contributed by atoms with van der Waals surface area (Å²) < 4.78 is 39.5. The van der Waals surface area contributed by atoms with Crippen molar-refractivity contribution in [3.63, 3.8) is 0 Å². The van der Waals surface area contributed by atoms with Crippen molar-refractivity contribution in [3.8, 4) is 0 Å². The molecule has 7 nitrogen and oxygen atoms in total. The van der Waals surface area contributed by atoms with Crippen LogP contribution in [0.3, 0.4) is 0 Å². The summed E-state index contributed by atoms with van der Waals surface area (Å²) in [6.45, 7) is 4.96. The van der Waals surface area contributed by atoms with Crippen molar-refractivity contribution in [1.29, 1.82) is 0 Å². The molecule has 156 valence electrons. The Morgan fingerprint density at radius 1 is 1.00 bits per heavy atom. The van der Waals surface area contributed by atoms with Crippen LogP contribution in [0.25, 0.3) is 0 Å². The predicted octanol–water partition coefficient (Wildman–Crippen LogP) is 2.76. The second-order valence-corrected chi connectivity index (χ2v) is 8.71. The number of carbonyl (C=O) groups is 2. The minimum absolute atomic E-state index is 0.105. The van der Waals surface area contributed by atoms with Crippen LogP contribution in [0.1, 0.15) is 31.1 Å². The Kier molecular flexibility index (Phi) is 6.97. The van der Waals surface area contributed by atoms with E-state index < -0.39 is 27.8 Å². The van der Waals surface area contributed by atoms with Crippen LogP contribution in [0.5, 0.6) is 0 Å². The molecule has 0 heterocycles. The lowest BCUT2D eigenvalue weighted by atomic mass is 10.1. The highest BCUT2D eigenvalue weighted by Crippen LogP contribution is 2.25. The lowest BCUT2D eigenvalue weighted by molar-refractivity contribution is -0.116. The van der Waals surface area contributed by atoms with Crippen LogP contribution >= 0.6 is 0 Å². The number of anilines is 2. The third-order valence-electron chi connectivity index (χ3n) is 4.03. The number of hydrogen-bond donors (Lipinski definition) is 2. The number of hydrogen-bond acceptors (Lipinski definition) is 4. The number of nitrogens with one attached hydrogen (secondary N) is 2. The van der Waals surface area contributed by atoms with Gasteiger partial charge in [0, 0.05) is 6.04 Å². The van der Waals surface area contributed by atoms with Crippen molar-refractivity contribution in [1.82, 2.24) is 5.32 Å². The fourth-order valence-electron chi connectivity index (χ4n) is 2.78. The molecule has 0 aliphatic rings. The first kappa shape index (κ1) is 22.4. The van der Waals surface area contributed by atoms with Crippen molar-refractivity contribution in [2.75, 3.05) is 15.9 Å². The van der Waals surface area contributed by atoms with Gasteiger partial charge in [0.05, 0.1) is 23.2 Å². The number of carbonyl (C=O) groups excluding carboxylic acids is 2. The maximum atomic E-state index is 14.2. The fraction of sp³-hybridized carbons (Fsp3) is 0.300. The molecule has 1 atom stereocenters. The number of benzene rings is 2. The van der Waals surface area contributed by atoms with Gasteiger partial charge in [-0.1, -0.05) is 24.3 Å². The van der Waals surface area contributed by atoms with Crippen LogP contribution in [0.15, 0.2) is 48.5 Å². The van der Waals surface area contributed by atoms with Gasteiger partial charge in [0.2, 0.25) is 15.9 Å². The predicted molar refractivity (Wildman–Crippen MR) is 111 cm³/mol. The molecule has 0 aliphatic heterocycles. The van der Waals surface area contributed by atoms with Crippen LogP contribution in [-0.4, -0.2) is 38.6 Å². The Morgan fingerprint density at radius 3 is 2.17 bits per heavy atom. The second kappa shape index (κ2) is 9.04. The molecule has 2 aromatic carbocycles. The summed E-state index contributed by atoms with van der Waals surface area (Å²) in [6.07, 6.45) is 0.896. The first-order valence-electron chi connectivity index (χ1n) is 8.97. The van der Waals surface area contributed by atoms with E-state index >= 15 is 0 Å². The largest absolute Gasteiger partial charge is 0.350 e. The molecule has 2 N–H and O–H groups in total. The quantitative estimate of drug-likeness (QED) is 0.719. The van der Waals surface area contributed by atoms with Gasteiger partial charge in [-0.05, 0) is 45.0 Å². The Labute approximate surface area is 170 Å². The van der Waals surface area contributed by atoms with Gasteiger partial charge in [-0.2, -0.15) is 0 Å². The van der Waals surface area contributed by atoms with Crippen molar-refractivity contribution in [2.45, 2.75) is 32.9 Å². The van der Waals surface area contributed by atoms with Crippen molar-refractivity contribution >= 4 is 33.2 Å². The number of sulfonamides is 1. The lowest BCUT2D eigenvalue weighted by Crippen LogP contribution is -2.46. The monoisotopic (exact) mass is 421 g/mol. The van der Waals surface area contributed by atoms with Crippen LogP contribution in [0, 0.1) is 5.82 Å². The Balaban J connectivity index is 2.35. The molecule has 29 heavy (non-hydrogen) atoms. The maximum absolute atomic E-state index is 14.2. The van der Waals surface area contributed by atoms with Gasteiger partial charge in [0.1, 0.15) is 11.9 Å². The topological polar surface area (TPSA) is 95.6 Å². The first-order valence-corrected chi connectivity index (χ1v) is 10.8. The molecule has 0 unspecified atom stereocenters. The molecule has 0 aliphatic carbocycles. The Morgan fingerprint density at radius 2 is 1.59 bits per heavy atom. The molecule has 0 saturated carbocycles. The highest BCUT2D eigenvalue weighted by atomic mass is 32.2. The third kappa shape index (κ3) is 5.54. The Bertz CT molecular complexity index is 1010. The van der Waals surface area contributed by atoms with E-state index in [1.165, 1.54) is 31.2 Å². The van der Waals surface area contributed by atoms with Crippen LogP contribution in [0.4, 0.5) is 15.8 Å². The molecule has 0 saturated heterocycles. The number of amides is 2. The molecule has 0 fully saturated rings. The van der Waals surface area contributed by atoms with Gasteiger partial charge in [0.25, 0.3) is 5.91 Å². The zero-order valence-corrected chi connectivity index (χ0v) is 17.5. The minimum atomic E-state index is -3.97. The summed E-state index contributed by atoms with van der Waals surface area (Å²) in [6, 6.07) is 10.3. The van der Waals surface area contributed by atoms with Crippen LogP contribution in [0.2, 0.25) is 0 Å². The molecular formula is C20H24FN3O4S. The fourth-order valence-corrected chi connectivity index (χ4v) is 3.95. The smallest absolute Gasteiger partial charge is 0.253 e. The summed E-state index contributed by atoms with van der Waals surface area (Å²) in [5.41, 5.74) is 0.228. The standard InChI is InChI=1S/C20H24FN3O4S/c1-13(2)22-20(26)15-9-5-7-11-17(15)23-19(25)14(3)24(29(4,27)28)18-12-8-6-10-16(18)21/h5-14H,1-4H3,(H,22,26)(H,23,25)/t14-/m1/s1. The highest BCUT2D eigenvalue weighted by molar-refractivity contribution is 7.92. The summed E-state index contributed by atoms with van der Waals surface area (Å²) in [5.74, 6) is -1.85. The molecule has 2 rings (SSSR count). The van der Waals surface area contributed by atoms with Crippen molar-refractivity contribution < 1.29 is 22.4 Å². The molecule has 2 amide bonds. The van der Waals surface area contributed by atoms with E-state index in [1.54, 1.807) is 32.0 Å². The zero-order valence-electron chi connectivity index (χ0n) is 16.6. The third-order valence-corrected chi connectivity index (χ3v) is 5.26. The van der Waals surface area contributed by atoms with Crippen molar-refractivity contribution in [3.05, 3.63) is 59.9 Å². The average Bonchev–Trinajstić information content (AvgIpc) is 2.62. The lowest BCUT2D eigenvalue weighted by Gasteiger charge is -2.28. The SMILES string of the molecule is CC(C)NC(=O)c1ccccc1NC(=O)[C@@H](C)N(c1ccccc1F)S(C)(=O)=O.